The average molecular weight is 525 g/mol. The lowest BCUT2D eigenvalue weighted by molar-refractivity contribution is -0.123. The van der Waals surface area contributed by atoms with Crippen molar-refractivity contribution in [1.29, 1.82) is 0 Å². The number of carbonyl (C=O) groups is 3. The van der Waals surface area contributed by atoms with E-state index in [0.717, 1.165) is 33.5 Å². The van der Waals surface area contributed by atoms with Crippen LogP contribution in [0.2, 0.25) is 5.02 Å². The van der Waals surface area contributed by atoms with Crippen LogP contribution in [0, 0.1) is 19.7 Å². The highest BCUT2D eigenvalue weighted by molar-refractivity contribution is 8.18. The van der Waals surface area contributed by atoms with Crippen molar-refractivity contribution in [3.8, 4) is 5.75 Å². The molecule has 1 aliphatic heterocycles. The van der Waals surface area contributed by atoms with Crippen LogP contribution in [0.5, 0.6) is 5.75 Å². The number of nitrogens with one attached hydrogen (secondary N) is 1. The maximum atomic E-state index is 14.1. The van der Waals surface area contributed by atoms with E-state index < -0.39 is 17.0 Å². The normalized spacial score (nSPS) is 14.4. The molecule has 6 nitrogen and oxygen atoms in total. The predicted molar refractivity (Wildman–Crippen MR) is 139 cm³/mol. The number of rotatable bonds is 7. The van der Waals surface area contributed by atoms with Gasteiger partial charge in [-0.3, -0.25) is 19.3 Å². The second-order valence-electron chi connectivity index (χ2n) is 8.19. The molecule has 0 aliphatic carbocycles. The largest absolute Gasteiger partial charge is 0.484 e. The number of carbonyl (C=O) groups excluding carboxylic acids is 3. The lowest BCUT2D eigenvalue weighted by Gasteiger charge is -2.14. The molecule has 36 heavy (non-hydrogen) atoms. The van der Waals surface area contributed by atoms with Gasteiger partial charge in [-0.25, -0.2) is 4.39 Å². The lowest BCUT2D eigenvalue weighted by Crippen LogP contribution is -2.28. The molecular weight excluding hydrogens is 503 g/mol. The van der Waals surface area contributed by atoms with Crippen molar-refractivity contribution in [2.45, 2.75) is 20.4 Å². The first kappa shape index (κ1) is 25.5. The summed E-state index contributed by atoms with van der Waals surface area (Å²) in [6.07, 6.45) is 1.57. The van der Waals surface area contributed by atoms with Crippen molar-refractivity contribution in [3.05, 3.63) is 98.7 Å². The number of amides is 3. The Bertz CT molecular complexity index is 1350. The summed E-state index contributed by atoms with van der Waals surface area (Å²) in [5, 5.41) is 2.49. The first-order chi connectivity index (χ1) is 17.2. The van der Waals surface area contributed by atoms with Crippen LogP contribution in [0.3, 0.4) is 0 Å². The Morgan fingerprint density at radius 3 is 2.58 bits per heavy atom. The molecule has 0 spiro atoms. The van der Waals surface area contributed by atoms with E-state index in [1.807, 2.05) is 32.0 Å². The van der Waals surface area contributed by atoms with Gasteiger partial charge in [-0.05, 0) is 78.7 Å². The van der Waals surface area contributed by atoms with Crippen LogP contribution in [0.1, 0.15) is 22.3 Å². The Morgan fingerprint density at radius 1 is 1.11 bits per heavy atom. The van der Waals surface area contributed by atoms with Crippen LogP contribution in [0.25, 0.3) is 6.08 Å². The number of hydrogen-bond acceptors (Lipinski definition) is 5. The minimum absolute atomic E-state index is 0.0887. The second kappa shape index (κ2) is 11.0. The fourth-order valence-corrected chi connectivity index (χ4v) is 4.56. The molecule has 1 saturated heterocycles. The molecular formula is C27H22ClFN2O4S. The van der Waals surface area contributed by atoms with Gasteiger partial charge in [0.25, 0.3) is 17.1 Å². The highest BCUT2D eigenvalue weighted by Gasteiger charge is 2.35. The van der Waals surface area contributed by atoms with E-state index >= 15 is 0 Å². The van der Waals surface area contributed by atoms with Crippen LogP contribution in [-0.4, -0.2) is 28.6 Å². The van der Waals surface area contributed by atoms with Crippen LogP contribution in [0.4, 0.5) is 14.9 Å². The zero-order valence-corrected chi connectivity index (χ0v) is 21.1. The summed E-state index contributed by atoms with van der Waals surface area (Å²) >= 11 is 6.81. The summed E-state index contributed by atoms with van der Waals surface area (Å²) in [5.74, 6) is -0.904. The van der Waals surface area contributed by atoms with Crippen molar-refractivity contribution in [2.24, 2.45) is 0 Å². The molecule has 4 rings (SSSR count). The van der Waals surface area contributed by atoms with E-state index in [1.54, 1.807) is 30.3 Å². The van der Waals surface area contributed by atoms with Crippen molar-refractivity contribution in [1.82, 2.24) is 4.90 Å². The maximum absolute atomic E-state index is 14.1. The number of benzene rings is 3. The topological polar surface area (TPSA) is 75.7 Å². The molecule has 3 aromatic carbocycles. The molecule has 184 valence electrons. The number of imide groups is 1. The standard InChI is InChI=1S/C27H22ClFN2O4S/c1-16-6-7-17(2)23(12-16)30-25(32)15-35-19-10-8-18(9-11-19)13-24-26(33)31(27(34)36-24)14-20-21(28)4-3-5-22(20)29/h3-13H,14-15H2,1-2H3,(H,30,32)/b24-13-. The summed E-state index contributed by atoms with van der Waals surface area (Å²) in [4.78, 5) is 38.6. The average Bonchev–Trinajstić information content (AvgIpc) is 3.10. The van der Waals surface area contributed by atoms with Crippen LogP contribution in [-0.2, 0) is 16.1 Å². The molecule has 9 heteroatoms. The Hall–Kier alpha value is -3.62. The number of thioether (sulfide) groups is 1. The van der Waals surface area contributed by atoms with E-state index in [0.29, 0.717) is 11.3 Å². The van der Waals surface area contributed by atoms with Gasteiger partial charge in [0.05, 0.1) is 11.4 Å². The highest BCUT2D eigenvalue weighted by Crippen LogP contribution is 2.34. The third-order valence-electron chi connectivity index (χ3n) is 5.47. The molecule has 0 aromatic heterocycles. The molecule has 1 aliphatic rings. The Kier molecular flexibility index (Phi) is 7.76. The molecule has 1 fully saturated rings. The molecule has 0 saturated carbocycles. The Labute approximate surface area is 217 Å². The van der Waals surface area contributed by atoms with Crippen LogP contribution < -0.4 is 10.1 Å². The number of ether oxygens (including phenoxy) is 1. The van der Waals surface area contributed by atoms with Gasteiger partial charge < -0.3 is 10.1 Å². The van der Waals surface area contributed by atoms with Crippen molar-refractivity contribution < 1.29 is 23.5 Å². The number of anilines is 1. The zero-order valence-electron chi connectivity index (χ0n) is 19.5. The van der Waals surface area contributed by atoms with Gasteiger partial charge in [-0.2, -0.15) is 0 Å². The van der Waals surface area contributed by atoms with Crippen LogP contribution >= 0.6 is 23.4 Å². The number of hydrogen-bond donors (Lipinski definition) is 1. The monoisotopic (exact) mass is 524 g/mol. The van der Waals surface area contributed by atoms with E-state index in [1.165, 1.54) is 18.2 Å². The SMILES string of the molecule is Cc1ccc(C)c(NC(=O)COc2ccc(/C=C3\SC(=O)N(Cc4c(F)cccc4Cl)C3=O)cc2)c1. The molecule has 0 unspecified atom stereocenters. The summed E-state index contributed by atoms with van der Waals surface area (Å²) in [7, 11) is 0. The summed E-state index contributed by atoms with van der Waals surface area (Å²) in [5.41, 5.74) is 3.49. The maximum Gasteiger partial charge on any atom is 0.293 e. The fraction of sp³-hybridized carbons (Fsp3) is 0.148. The quantitative estimate of drug-likeness (QED) is 0.364. The first-order valence-electron chi connectivity index (χ1n) is 11.0. The molecule has 0 radical (unpaired) electrons. The Balaban J connectivity index is 1.37. The molecule has 1 heterocycles. The summed E-state index contributed by atoms with van der Waals surface area (Å²) in [6, 6.07) is 16.8. The van der Waals surface area contributed by atoms with E-state index in [9.17, 15) is 18.8 Å². The van der Waals surface area contributed by atoms with Gasteiger partial charge in [0, 0.05) is 16.3 Å². The molecule has 3 aromatic rings. The predicted octanol–water partition coefficient (Wildman–Crippen LogP) is 6.35. The molecule has 0 bridgehead atoms. The number of nitrogens with zero attached hydrogens (tertiary/aromatic N) is 1. The molecule has 1 N–H and O–H groups in total. The van der Waals surface area contributed by atoms with Crippen LogP contribution in [0.15, 0.2) is 65.6 Å². The van der Waals surface area contributed by atoms with Gasteiger partial charge in [-0.1, -0.05) is 41.9 Å². The van der Waals surface area contributed by atoms with E-state index in [4.69, 9.17) is 16.3 Å². The zero-order chi connectivity index (χ0) is 25.8. The smallest absolute Gasteiger partial charge is 0.293 e. The number of aryl methyl sites for hydroxylation is 2. The second-order valence-corrected chi connectivity index (χ2v) is 9.59. The molecule has 3 amide bonds. The summed E-state index contributed by atoms with van der Waals surface area (Å²) in [6.45, 7) is 3.46. The lowest BCUT2D eigenvalue weighted by atomic mass is 10.1. The van der Waals surface area contributed by atoms with Gasteiger partial charge in [0.2, 0.25) is 0 Å². The van der Waals surface area contributed by atoms with Gasteiger partial charge in [0.1, 0.15) is 11.6 Å². The summed E-state index contributed by atoms with van der Waals surface area (Å²) < 4.78 is 19.7. The van der Waals surface area contributed by atoms with E-state index in [-0.39, 0.29) is 34.6 Å². The van der Waals surface area contributed by atoms with Gasteiger partial charge in [0.15, 0.2) is 6.61 Å². The molecule has 0 atom stereocenters. The third-order valence-corrected chi connectivity index (χ3v) is 6.73. The van der Waals surface area contributed by atoms with Gasteiger partial charge in [-0.15, -0.1) is 0 Å². The number of halogens is 2. The van der Waals surface area contributed by atoms with Gasteiger partial charge >= 0.3 is 0 Å². The Morgan fingerprint density at radius 2 is 1.86 bits per heavy atom. The van der Waals surface area contributed by atoms with Crippen molar-refractivity contribution in [2.75, 3.05) is 11.9 Å². The highest BCUT2D eigenvalue weighted by atomic mass is 35.5. The minimum Gasteiger partial charge on any atom is -0.484 e. The third kappa shape index (κ3) is 5.95. The minimum atomic E-state index is -0.580. The first-order valence-corrected chi connectivity index (χ1v) is 12.2. The van der Waals surface area contributed by atoms with Crippen molar-refractivity contribution in [3.63, 3.8) is 0 Å². The van der Waals surface area contributed by atoms with Crippen molar-refractivity contribution >= 4 is 52.2 Å². The van der Waals surface area contributed by atoms with E-state index in [2.05, 4.69) is 5.32 Å². The fourth-order valence-electron chi connectivity index (χ4n) is 3.50.